The van der Waals surface area contributed by atoms with Crippen molar-refractivity contribution in [1.82, 2.24) is 0 Å². The molecule has 72 valence electrons. The standard InChI is InChI=1S/C6H18O3Si3/c1-3-8-12(9-4-2)6-5-7-10-11-12/h3-6,10-11H2,1-2H3. The molecule has 1 aliphatic heterocycles. The fourth-order valence-electron chi connectivity index (χ4n) is 1.54. The summed E-state index contributed by atoms with van der Waals surface area (Å²) in [5.74, 6) is 0. The Balaban J connectivity index is 2.44. The molecule has 1 rings (SSSR count). The zero-order valence-electron chi connectivity index (χ0n) is 7.97. The highest BCUT2D eigenvalue weighted by atomic mass is 29.6. The van der Waals surface area contributed by atoms with Crippen LogP contribution in [0.15, 0.2) is 0 Å². The van der Waals surface area contributed by atoms with Crippen LogP contribution in [-0.2, 0) is 13.3 Å². The summed E-state index contributed by atoms with van der Waals surface area (Å²) in [7, 11) is -1.89. The molecule has 1 saturated heterocycles. The second kappa shape index (κ2) is 5.30. The van der Waals surface area contributed by atoms with Gasteiger partial charge in [0.25, 0.3) is 0 Å². The molecule has 0 radical (unpaired) electrons. The Morgan fingerprint density at radius 3 is 2.42 bits per heavy atom. The Bertz CT molecular complexity index is 112. The minimum atomic E-state index is -1.61. The average Bonchev–Trinajstić information content (AvgIpc) is 2.07. The van der Waals surface area contributed by atoms with E-state index in [4.69, 9.17) is 13.3 Å². The molecule has 0 aromatic rings. The normalized spacial score (nSPS) is 26.5. The summed E-state index contributed by atoms with van der Waals surface area (Å²) in [6.07, 6.45) is 0. The lowest BCUT2D eigenvalue weighted by atomic mass is 10.9. The van der Waals surface area contributed by atoms with Crippen molar-refractivity contribution in [2.75, 3.05) is 19.8 Å². The number of hydrogen-bond acceptors (Lipinski definition) is 3. The smallest absolute Gasteiger partial charge is 0.310 e. The van der Waals surface area contributed by atoms with Gasteiger partial charge in [0.2, 0.25) is 0 Å². The first-order valence-electron chi connectivity index (χ1n) is 4.68. The van der Waals surface area contributed by atoms with E-state index in [1.807, 2.05) is 0 Å². The molecular formula is C6H18O3Si3. The van der Waals surface area contributed by atoms with Gasteiger partial charge in [-0.1, -0.05) is 0 Å². The third-order valence-electron chi connectivity index (χ3n) is 2.07. The van der Waals surface area contributed by atoms with Crippen LogP contribution < -0.4 is 0 Å². The van der Waals surface area contributed by atoms with Gasteiger partial charge in [-0.3, -0.25) is 0 Å². The lowest BCUT2D eigenvalue weighted by Crippen LogP contribution is -2.55. The highest BCUT2D eigenvalue weighted by molar-refractivity contribution is 7.38. The van der Waals surface area contributed by atoms with Crippen LogP contribution in [0.2, 0.25) is 6.04 Å². The first-order chi connectivity index (χ1) is 5.83. The molecule has 0 amide bonds. The van der Waals surface area contributed by atoms with Crippen molar-refractivity contribution in [3.05, 3.63) is 0 Å². The van der Waals surface area contributed by atoms with Crippen LogP contribution in [0.5, 0.6) is 0 Å². The minimum Gasteiger partial charge on any atom is -0.428 e. The van der Waals surface area contributed by atoms with Crippen LogP contribution >= 0.6 is 0 Å². The van der Waals surface area contributed by atoms with E-state index in [9.17, 15) is 0 Å². The number of rotatable bonds is 4. The molecule has 1 heterocycles. The van der Waals surface area contributed by atoms with Crippen molar-refractivity contribution in [1.29, 1.82) is 0 Å². The SMILES string of the molecule is CCO[Si]1(OCC)CCO[SiH2][SiH2]1. The van der Waals surface area contributed by atoms with Crippen molar-refractivity contribution in [3.63, 3.8) is 0 Å². The predicted molar refractivity (Wildman–Crippen MR) is 56.9 cm³/mol. The Hall–Kier alpha value is 0.531. The van der Waals surface area contributed by atoms with Crippen LogP contribution in [0.4, 0.5) is 0 Å². The summed E-state index contributed by atoms with van der Waals surface area (Å²) in [4.78, 5) is 0. The van der Waals surface area contributed by atoms with Crippen LogP contribution in [0.3, 0.4) is 0 Å². The van der Waals surface area contributed by atoms with E-state index in [0.29, 0.717) is 0 Å². The molecule has 0 aromatic carbocycles. The molecule has 1 fully saturated rings. The molecule has 0 bridgehead atoms. The summed E-state index contributed by atoms with van der Waals surface area (Å²) in [5, 5.41) is 0. The van der Waals surface area contributed by atoms with Crippen molar-refractivity contribution in [2.24, 2.45) is 0 Å². The van der Waals surface area contributed by atoms with Crippen molar-refractivity contribution >= 4 is 25.9 Å². The first-order valence-corrected chi connectivity index (χ1v) is 13.6. The predicted octanol–water partition coefficient (Wildman–Crippen LogP) is -0.804. The topological polar surface area (TPSA) is 27.7 Å². The van der Waals surface area contributed by atoms with E-state index in [0.717, 1.165) is 25.9 Å². The number of hydrogen-bond donors (Lipinski definition) is 0. The third kappa shape index (κ3) is 2.79. The summed E-state index contributed by atoms with van der Waals surface area (Å²) < 4.78 is 17.2. The maximum absolute atomic E-state index is 5.84. The van der Waals surface area contributed by atoms with Gasteiger partial charge in [0.1, 0.15) is 17.8 Å². The quantitative estimate of drug-likeness (QED) is 0.583. The van der Waals surface area contributed by atoms with Gasteiger partial charge in [-0.25, -0.2) is 0 Å². The highest BCUT2D eigenvalue weighted by Crippen LogP contribution is 2.15. The molecule has 0 atom stereocenters. The average molecular weight is 222 g/mol. The van der Waals surface area contributed by atoms with Crippen molar-refractivity contribution in [3.8, 4) is 0 Å². The van der Waals surface area contributed by atoms with Crippen LogP contribution in [0.25, 0.3) is 0 Å². The molecule has 1 aliphatic rings. The van der Waals surface area contributed by atoms with E-state index in [1.54, 1.807) is 0 Å². The van der Waals surface area contributed by atoms with E-state index in [-0.39, 0.29) is 17.8 Å². The summed E-state index contributed by atoms with van der Waals surface area (Å²) >= 11 is 0. The molecule has 0 N–H and O–H groups in total. The molecule has 0 aromatic heterocycles. The second-order valence-corrected chi connectivity index (χ2v) is 17.6. The van der Waals surface area contributed by atoms with Crippen molar-refractivity contribution in [2.45, 2.75) is 19.9 Å². The maximum Gasteiger partial charge on any atom is 0.310 e. The lowest BCUT2D eigenvalue weighted by molar-refractivity contribution is 0.192. The van der Waals surface area contributed by atoms with E-state index in [1.165, 1.54) is 0 Å². The van der Waals surface area contributed by atoms with Gasteiger partial charge in [0.05, 0.1) is 0 Å². The molecular weight excluding hydrogens is 204 g/mol. The van der Waals surface area contributed by atoms with Gasteiger partial charge < -0.3 is 13.3 Å². The van der Waals surface area contributed by atoms with Crippen LogP contribution in [0, 0.1) is 0 Å². The molecule has 6 heteroatoms. The Morgan fingerprint density at radius 1 is 1.33 bits per heavy atom. The summed E-state index contributed by atoms with van der Waals surface area (Å²) in [6.45, 7) is 6.70. The Labute approximate surface area is 79.4 Å². The second-order valence-electron chi connectivity index (χ2n) is 2.89. The molecule has 12 heavy (non-hydrogen) atoms. The Kier molecular flexibility index (Phi) is 4.69. The zero-order chi connectivity index (χ0) is 8.86. The lowest BCUT2D eigenvalue weighted by Gasteiger charge is -2.32. The summed E-state index contributed by atoms with van der Waals surface area (Å²) in [5.41, 5.74) is 0. The summed E-state index contributed by atoms with van der Waals surface area (Å²) in [6, 6.07) is 1.09. The van der Waals surface area contributed by atoms with Crippen LogP contribution in [-0.4, -0.2) is 45.7 Å². The van der Waals surface area contributed by atoms with E-state index < -0.39 is 8.08 Å². The van der Waals surface area contributed by atoms with Gasteiger partial charge in [-0.05, 0) is 13.8 Å². The highest BCUT2D eigenvalue weighted by Gasteiger charge is 2.39. The minimum absolute atomic E-state index is 0.0952. The van der Waals surface area contributed by atoms with E-state index >= 15 is 0 Å². The van der Waals surface area contributed by atoms with Crippen LogP contribution in [0.1, 0.15) is 13.8 Å². The van der Waals surface area contributed by atoms with Gasteiger partial charge in [0.15, 0.2) is 0 Å². The molecule has 0 saturated carbocycles. The molecule has 0 aliphatic carbocycles. The largest absolute Gasteiger partial charge is 0.428 e. The van der Waals surface area contributed by atoms with Gasteiger partial charge in [-0.2, -0.15) is 0 Å². The van der Waals surface area contributed by atoms with Gasteiger partial charge in [0, 0.05) is 25.9 Å². The van der Waals surface area contributed by atoms with Gasteiger partial charge in [-0.15, -0.1) is 0 Å². The zero-order valence-corrected chi connectivity index (χ0v) is 11.8. The third-order valence-corrected chi connectivity index (χ3v) is 21.0. The van der Waals surface area contributed by atoms with Crippen molar-refractivity contribution < 1.29 is 13.3 Å². The van der Waals surface area contributed by atoms with E-state index in [2.05, 4.69) is 13.8 Å². The fraction of sp³-hybridized carbons (Fsp3) is 1.00. The monoisotopic (exact) mass is 222 g/mol. The molecule has 0 spiro atoms. The van der Waals surface area contributed by atoms with Gasteiger partial charge >= 0.3 is 8.08 Å². The maximum atomic E-state index is 5.84. The Morgan fingerprint density at radius 2 is 2.00 bits per heavy atom. The fourth-order valence-corrected chi connectivity index (χ4v) is 19.2. The molecule has 3 nitrogen and oxygen atoms in total. The molecule has 0 unspecified atom stereocenters. The first kappa shape index (κ1) is 10.6.